The molecule has 3 aliphatic rings. The highest BCUT2D eigenvalue weighted by molar-refractivity contribution is 6.24. The van der Waals surface area contributed by atoms with Gasteiger partial charge in [0.1, 0.15) is 22.8 Å². The van der Waals surface area contributed by atoms with Gasteiger partial charge in [-0.1, -0.05) is 19.8 Å². The minimum atomic E-state index is -2.72. The third kappa shape index (κ3) is 6.36. The maximum absolute atomic E-state index is 14.1. The number of nitrogens with two attached hydrogens (primary N) is 1. The van der Waals surface area contributed by atoms with Gasteiger partial charge in [0.25, 0.3) is 5.91 Å². The molecule has 1 aromatic carbocycles. The summed E-state index contributed by atoms with van der Waals surface area (Å²) in [6, 6.07) is 0.426. The number of fused-ring (bicyclic) bond motifs is 3. The van der Waals surface area contributed by atoms with Crippen molar-refractivity contribution in [2.45, 2.75) is 50.7 Å². The quantitative estimate of drug-likeness (QED) is 0.108. The molecule has 1 fully saturated rings. The van der Waals surface area contributed by atoms with Crippen LogP contribution in [0.2, 0.25) is 0 Å². The van der Waals surface area contributed by atoms with Crippen LogP contribution in [0.15, 0.2) is 23.0 Å². The smallest absolute Gasteiger partial charge is 0.255 e. The van der Waals surface area contributed by atoms with Crippen LogP contribution in [0.5, 0.6) is 5.75 Å². The van der Waals surface area contributed by atoms with Gasteiger partial charge in [0, 0.05) is 31.3 Å². The molecule has 2 unspecified atom stereocenters. The molecule has 3 aliphatic carbocycles. The number of hydrogen-bond acceptors (Lipinski definition) is 11. The molecule has 0 aliphatic heterocycles. The Kier molecular flexibility index (Phi) is 12.1. The molecule has 250 valence electrons. The van der Waals surface area contributed by atoms with Crippen LogP contribution in [0.4, 0.5) is 11.4 Å². The van der Waals surface area contributed by atoms with Crippen molar-refractivity contribution in [2.24, 2.45) is 17.6 Å². The van der Waals surface area contributed by atoms with Gasteiger partial charge in [-0.05, 0) is 57.5 Å². The first-order valence-corrected chi connectivity index (χ1v) is 14.4. The molecule has 0 aromatic heterocycles. The fourth-order valence-corrected chi connectivity index (χ4v) is 6.68. The summed E-state index contributed by atoms with van der Waals surface area (Å²) >= 11 is 0. The first-order chi connectivity index (χ1) is 20.2. The van der Waals surface area contributed by atoms with Crippen molar-refractivity contribution in [3.8, 4) is 5.75 Å². The molecule has 0 heterocycles. The van der Waals surface area contributed by atoms with E-state index in [1.807, 2.05) is 0 Å². The van der Waals surface area contributed by atoms with E-state index in [0.717, 1.165) is 19.3 Å². The number of rotatable bonds is 10. The number of benzene rings is 1. The van der Waals surface area contributed by atoms with E-state index in [1.54, 1.807) is 39.2 Å². The molecule has 8 N–H and O–H groups in total. The molecule has 0 radical (unpaired) electrons. The van der Waals surface area contributed by atoms with Crippen molar-refractivity contribution >= 4 is 65.3 Å². The van der Waals surface area contributed by atoms with Crippen LogP contribution in [0, 0.1) is 11.8 Å². The number of carbonyl (C=O) groups excluding carboxylic acids is 4. The van der Waals surface area contributed by atoms with Gasteiger partial charge in [-0.15, -0.1) is 24.8 Å². The molecule has 15 heteroatoms. The molecule has 45 heavy (non-hydrogen) atoms. The van der Waals surface area contributed by atoms with Gasteiger partial charge in [-0.2, -0.15) is 0 Å². The minimum absolute atomic E-state index is 0. The van der Waals surface area contributed by atoms with Crippen molar-refractivity contribution in [1.82, 2.24) is 10.2 Å². The molecular weight excluding hydrogens is 629 g/mol. The van der Waals surface area contributed by atoms with Crippen LogP contribution < -0.4 is 21.3 Å². The Bertz CT molecular complexity index is 1440. The zero-order valence-corrected chi connectivity index (χ0v) is 27.6. The van der Waals surface area contributed by atoms with Crippen molar-refractivity contribution in [1.29, 1.82) is 0 Å². The van der Waals surface area contributed by atoms with E-state index in [-0.39, 0.29) is 61.0 Å². The average molecular weight is 673 g/mol. The normalized spacial score (nSPS) is 23.8. The average Bonchev–Trinajstić information content (AvgIpc) is 2.91. The predicted octanol–water partition coefficient (Wildman–Crippen LogP) is 1.59. The minimum Gasteiger partial charge on any atom is -0.508 e. The topological polar surface area (TPSA) is 206 Å². The number of phenols is 1. The molecule has 1 saturated carbocycles. The van der Waals surface area contributed by atoms with E-state index < -0.39 is 69.7 Å². The lowest BCUT2D eigenvalue weighted by atomic mass is 9.57. The van der Waals surface area contributed by atoms with Crippen molar-refractivity contribution in [2.75, 3.05) is 51.5 Å². The van der Waals surface area contributed by atoms with E-state index in [9.17, 15) is 39.6 Å². The number of unbranched alkanes of at least 4 members (excludes halogenated alkanes) is 2. The Morgan fingerprint density at radius 1 is 1.09 bits per heavy atom. The number of anilines is 2. The van der Waals surface area contributed by atoms with Crippen LogP contribution in [0.1, 0.15) is 43.7 Å². The van der Waals surface area contributed by atoms with Crippen LogP contribution in [-0.4, -0.2) is 102 Å². The number of halogens is 2. The maximum atomic E-state index is 14.1. The predicted molar refractivity (Wildman–Crippen MR) is 174 cm³/mol. The number of carbonyl (C=O) groups is 4. The van der Waals surface area contributed by atoms with Crippen molar-refractivity contribution in [3.05, 3.63) is 34.1 Å². The molecular formula is C30H43Cl2N5O8. The van der Waals surface area contributed by atoms with Crippen LogP contribution in [0.25, 0.3) is 5.76 Å². The summed E-state index contributed by atoms with van der Waals surface area (Å²) in [5.41, 5.74) is 2.53. The summed E-state index contributed by atoms with van der Waals surface area (Å²) in [4.78, 5) is 55.4. The first-order valence-electron chi connectivity index (χ1n) is 14.4. The summed E-state index contributed by atoms with van der Waals surface area (Å²) in [6.45, 7) is 2.73. The highest BCUT2D eigenvalue weighted by Gasteiger charge is 2.64. The lowest BCUT2D eigenvalue weighted by Gasteiger charge is -2.50. The third-order valence-electron chi connectivity index (χ3n) is 8.70. The number of hydrogen-bond donors (Lipinski definition) is 7. The summed E-state index contributed by atoms with van der Waals surface area (Å²) < 4.78 is 0. The second-order valence-electron chi connectivity index (χ2n) is 11.9. The summed E-state index contributed by atoms with van der Waals surface area (Å²) in [5.74, 6) is -7.70. The highest BCUT2D eigenvalue weighted by Crippen LogP contribution is 2.54. The Morgan fingerprint density at radius 3 is 2.29 bits per heavy atom. The summed E-state index contributed by atoms with van der Waals surface area (Å²) in [6.07, 6.45) is 3.11. The number of Topliss-reactive ketones (excluding diaryl/α,β-unsaturated/α-hetero) is 2. The molecule has 1 aromatic rings. The van der Waals surface area contributed by atoms with Gasteiger partial charge >= 0.3 is 0 Å². The molecule has 4 atom stereocenters. The van der Waals surface area contributed by atoms with Crippen molar-refractivity contribution < 1.29 is 39.6 Å². The number of amides is 2. The number of aliphatic hydroxyl groups is 3. The molecule has 0 saturated heterocycles. The number of primary amides is 1. The molecule has 2 amide bonds. The zero-order valence-electron chi connectivity index (χ0n) is 26.0. The number of nitrogens with one attached hydrogen (secondary N) is 2. The molecule has 13 nitrogen and oxygen atoms in total. The number of ketones is 2. The first kappa shape index (κ1) is 37.8. The lowest BCUT2D eigenvalue weighted by molar-refractivity contribution is -0.153. The van der Waals surface area contributed by atoms with Gasteiger partial charge in [0.05, 0.1) is 23.8 Å². The van der Waals surface area contributed by atoms with E-state index in [2.05, 4.69) is 17.6 Å². The maximum Gasteiger partial charge on any atom is 0.255 e. The van der Waals surface area contributed by atoms with E-state index >= 15 is 0 Å². The second kappa shape index (κ2) is 14.4. The van der Waals surface area contributed by atoms with Crippen LogP contribution in [-0.2, 0) is 25.6 Å². The van der Waals surface area contributed by atoms with Gasteiger partial charge < -0.3 is 41.7 Å². The SMILES string of the molecule is CCCCCNCC(=O)Nc1cc(N(C)C)c2c(c1O)C(O)=C1C(=O)[C@]3(O)C(O)=C(C(N)=O)C(=O)[C@@H](N(C)C)C3CC1C2.Cl.Cl. The standard InChI is InChI=1S/C30H41N5O8.2ClH/c1-6-7-8-9-32-13-19(36)33-17-12-18(34(2)3)15-10-14-11-16-23(35(4)5)26(39)22(29(31)42)28(41)30(16,43)27(40)20(14)25(38)21(15)24(17)37;;/h12,14,16,23,32,37-38,41,43H,6-11,13H2,1-5H3,(H2,31,42)(H,33,36);2*1H/t14?,16?,23-,30-;;/m0../s1. The van der Waals surface area contributed by atoms with E-state index in [1.165, 1.54) is 4.90 Å². The Balaban J connectivity index is 0.00000353. The van der Waals surface area contributed by atoms with Gasteiger partial charge in [0.15, 0.2) is 11.4 Å². The fourth-order valence-electron chi connectivity index (χ4n) is 6.68. The molecule has 4 rings (SSSR count). The highest BCUT2D eigenvalue weighted by atomic mass is 35.5. The van der Waals surface area contributed by atoms with Crippen LogP contribution >= 0.6 is 24.8 Å². The Labute approximate surface area is 274 Å². The monoisotopic (exact) mass is 671 g/mol. The van der Waals surface area contributed by atoms with Crippen molar-refractivity contribution in [3.63, 3.8) is 0 Å². The number of aliphatic hydroxyl groups excluding tert-OH is 2. The zero-order chi connectivity index (χ0) is 32.0. The lowest BCUT2D eigenvalue weighted by Crippen LogP contribution is -2.65. The largest absolute Gasteiger partial charge is 0.508 e. The number of phenolic OH excluding ortho intramolecular Hbond substituents is 1. The van der Waals surface area contributed by atoms with E-state index in [0.29, 0.717) is 17.8 Å². The van der Waals surface area contributed by atoms with Gasteiger partial charge in [-0.25, -0.2) is 0 Å². The molecule has 0 bridgehead atoms. The number of nitrogens with zero attached hydrogens (tertiary/aromatic N) is 2. The van der Waals surface area contributed by atoms with Gasteiger partial charge in [-0.3, -0.25) is 24.1 Å². The number of aromatic hydroxyl groups is 1. The summed E-state index contributed by atoms with van der Waals surface area (Å²) in [5, 5.41) is 51.4. The van der Waals surface area contributed by atoms with E-state index in [4.69, 9.17) is 5.73 Å². The molecule has 0 spiro atoms. The summed E-state index contributed by atoms with van der Waals surface area (Å²) in [7, 11) is 6.60. The third-order valence-corrected chi connectivity index (χ3v) is 8.70. The Hall–Kier alpha value is -3.36. The fraction of sp³-hybridized carbons (Fsp3) is 0.533. The Morgan fingerprint density at radius 2 is 1.73 bits per heavy atom. The number of likely N-dealkylation sites (N-methyl/N-ethyl adjacent to an activating group) is 1. The van der Waals surface area contributed by atoms with Gasteiger partial charge in [0.2, 0.25) is 11.7 Å². The van der Waals surface area contributed by atoms with Crippen LogP contribution in [0.3, 0.4) is 0 Å². The second-order valence-corrected chi connectivity index (χ2v) is 11.9.